The van der Waals surface area contributed by atoms with Gasteiger partial charge in [0.2, 0.25) is 0 Å². The lowest BCUT2D eigenvalue weighted by Crippen LogP contribution is -1.88. The van der Waals surface area contributed by atoms with Crippen molar-refractivity contribution in [3.8, 4) is 22.6 Å². The number of benzene rings is 1. The lowest BCUT2D eigenvalue weighted by Gasteiger charge is -2.02. The largest absolute Gasteiger partial charge is 0.360 e. The molecule has 0 aliphatic heterocycles. The summed E-state index contributed by atoms with van der Waals surface area (Å²) in [6.07, 6.45) is 4.58. The Hall–Kier alpha value is -2.88. The van der Waals surface area contributed by atoms with Crippen LogP contribution in [-0.4, -0.2) is 15.1 Å². The molecule has 0 atom stereocenters. The Balaban J connectivity index is 1.87. The van der Waals surface area contributed by atoms with Gasteiger partial charge in [-0.2, -0.15) is 0 Å². The fourth-order valence-corrected chi connectivity index (χ4v) is 2.75. The first kappa shape index (κ1) is 12.8. The molecule has 1 aromatic carbocycles. The van der Waals surface area contributed by atoms with E-state index >= 15 is 0 Å². The van der Waals surface area contributed by atoms with Crippen molar-refractivity contribution in [2.24, 2.45) is 0 Å². The van der Waals surface area contributed by atoms with Gasteiger partial charge in [0.15, 0.2) is 5.76 Å². The number of aromatic amines is 1. The molecule has 0 aliphatic rings. The molecule has 0 saturated carbocycles. The number of H-pyrrole nitrogens is 1. The zero-order chi connectivity index (χ0) is 14.9. The third kappa shape index (κ3) is 2.00. The summed E-state index contributed by atoms with van der Waals surface area (Å²) >= 11 is 0. The molecule has 3 aromatic heterocycles. The Kier molecular flexibility index (Phi) is 3.00. The third-order valence-electron chi connectivity index (χ3n) is 3.85. The van der Waals surface area contributed by atoms with Crippen molar-refractivity contribution >= 4 is 11.0 Å². The first-order valence-corrected chi connectivity index (χ1v) is 7.34. The average molecular weight is 289 g/mol. The highest BCUT2D eigenvalue weighted by molar-refractivity contribution is 5.81. The van der Waals surface area contributed by atoms with Gasteiger partial charge >= 0.3 is 0 Å². The fraction of sp³-hybridized carbons (Fsp3) is 0.111. The predicted molar refractivity (Wildman–Crippen MR) is 86.4 cm³/mol. The molecule has 0 bridgehead atoms. The maximum atomic E-state index is 5.65. The van der Waals surface area contributed by atoms with Crippen molar-refractivity contribution in [1.29, 1.82) is 0 Å². The summed E-state index contributed by atoms with van der Waals surface area (Å²) in [6.45, 7) is 2.11. The number of nitrogens with one attached hydrogen (secondary N) is 1. The first-order valence-electron chi connectivity index (χ1n) is 7.34. The van der Waals surface area contributed by atoms with Gasteiger partial charge in [-0.25, -0.2) is 0 Å². The Morgan fingerprint density at radius 3 is 2.77 bits per heavy atom. The van der Waals surface area contributed by atoms with Crippen LogP contribution < -0.4 is 0 Å². The highest BCUT2D eigenvalue weighted by Gasteiger charge is 2.18. The van der Waals surface area contributed by atoms with Crippen LogP contribution in [0.3, 0.4) is 0 Å². The summed E-state index contributed by atoms with van der Waals surface area (Å²) in [5.74, 6) is 0.797. The quantitative estimate of drug-likeness (QED) is 0.606. The maximum Gasteiger partial charge on any atom is 0.172 e. The summed E-state index contributed by atoms with van der Waals surface area (Å²) in [7, 11) is 0. The van der Waals surface area contributed by atoms with Crippen LogP contribution in [0, 0.1) is 0 Å². The van der Waals surface area contributed by atoms with Crippen LogP contribution in [0.4, 0.5) is 0 Å². The summed E-state index contributed by atoms with van der Waals surface area (Å²) in [6, 6.07) is 14.1. The predicted octanol–water partition coefficient (Wildman–Crippen LogP) is 4.45. The average Bonchev–Trinajstić information content (AvgIpc) is 3.21. The van der Waals surface area contributed by atoms with Gasteiger partial charge in [0.25, 0.3) is 0 Å². The minimum Gasteiger partial charge on any atom is -0.360 e. The summed E-state index contributed by atoms with van der Waals surface area (Å²) in [5.41, 5.74) is 5.98. The molecule has 0 amide bonds. The van der Waals surface area contributed by atoms with Gasteiger partial charge in [0.05, 0.1) is 11.0 Å². The molecule has 3 heterocycles. The molecule has 0 aliphatic carbocycles. The number of nitrogens with zero attached hydrogens (tertiary/aromatic N) is 2. The van der Waals surface area contributed by atoms with Crippen LogP contribution in [0.25, 0.3) is 33.6 Å². The van der Waals surface area contributed by atoms with Gasteiger partial charge in [-0.3, -0.25) is 4.98 Å². The first-order chi connectivity index (χ1) is 10.9. The molecular formula is C18H15N3O. The van der Waals surface area contributed by atoms with Crippen LogP contribution in [0.1, 0.15) is 12.5 Å². The van der Waals surface area contributed by atoms with E-state index < -0.39 is 0 Å². The van der Waals surface area contributed by atoms with E-state index in [9.17, 15) is 0 Å². The zero-order valence-corrected chi connectivity index (χ0v) is 12.2. The number of hydrogen-bond donors (Lipinski definition) is 1. The van der Waals surface area contributed by atoms with E-state index in [2.05, 4.69) is 28.1 Å². The van der Waals surface area contributed by atoms with Crippen LogP contribution >= 0.6 is 0 Å². The summed E-state index contributed by atoms with van der Waals surface area (Å²) in [5, 5.41) is 4.29. The third-order valence-corrected chi connectivity index (χ3v) is 3.85. The number of pyridine rings is 1. The molecule has 0 radical (unpaired) electrons. The molecule has 22 heavy (non-hydrogen) atoms. The molecule has 4 aromatic rings. The monoisotopic (exact) mass is 289 g/mol. The number of rotatable bonds is 3. The van der Waals surface area contributed by atoms with Crippen LogP contribution in [0.15, 0.2) is 59.4 Å². The minimum absolute atomic E-state index is 0.797. The molecule has 108 valence electrons. The minimum atomic E-state index is 0.797. The second kappa shape index (κ2) is 5.15. The van der Waals surface area contributed by atoms with Gasteiger partial charge in [-0.05, 0) is 18.6 Å². The van der Waals surface area contributed by atoms with Crippen LogP contribution in [0.2, 0.25) is 0 Å². The second-order valence-corrected chi connectivity index (χ2v) is 5.19. The van der Waals surface area contributed by atoms with E-state index in [1.165, 1.54) is 0 Å². The van der Waals surface area contributed by atoms with E-state index in [-0.39, 0.29) is 0 Å². The molecule has 4 heteroatoms. The van der Waals surface area contributed by atoms with Gasteiger partial charge in [-0.1, -0.05) is 42.4 Å². The molecule has 4 rings (SSSR count). The van der Waals surface area contributed by atoms with Crippen LogP contribution in [0.5, 0.6) is 0 Å². The van der Waals surface area contributed by atoms with Gasteiger partial charge in [0, 0.05) is 29.1 Å². The smallest absolute Gasteiger partial charge is 0.172 e. The molecule has 0 spiro atoms. The molecule has 4 nitrogen and oxygen atoms in total. The van der Waals surface area contributed by atoms with Crippen molar-refractivity contribution in [3.05, 3.63) is 60.4 Å². The van der Waals surface area contributed by atoms with Crippen molar-refractivity contribution in [1.82, 2.24) is 15.1 Å². The standard InChI is InChI=1S/C18H15N3O/c1-2-14-17(12-6-4-3-5-7-12)21-22-18(14)13-10-16-15(20-11-13)8-9-19-16/h3-11,19H,2H2,1H3. The number of hydrogen-bond acceptors (Lipinski definition) is 3. The molecule has 0 saturated heterocycles. The Labute approximate surface area is 127 Å². The SMILES string of the molecule is CCc1c(-c2ccccc2)noc1-c1cnc2cc[nH]c2c1. The summed E-state index contributed by atoms with van der Waals surface area (Å²) < 4.78 is 5.65. The van der Waals surface area contributed by atoms with E-state index in [0.29, 0.717) is 0 Å². The second-order valence-electron chi connectivity index (χ2n) is 5.19. The molecule has 0 fully saturated rings. The van der Waals surface area contributed by atoms with Gasteiger partial charge < -0.3 is 9.51 Å². The molecule has 0 unspecified atom stereocenters. The van der Waals surface area contributed by atoms with Crippen LogP contribution in [-0.2, 0) is 6.42 Å². The normalized spacial score (nSPS) is 11.1. The van der Waals surface area contributed by atoms with Crippen molar-refractivity contribution in [2.75, 3.05) is 0 Å². The number of fused-ring (bicyclic) bond motifs is 1. The highest BCUT2D eigenvalue weighted by Crippen LogP contribution is 2.33. The number of aromatic nitrogens is 3. The Morgan fingerprint density at radius 1 is 1.09 bits per heavy atom. The Morgan fingerprint density at radius 2 is 1.95 bits per heavy atom. The molecular weight excluding hydrogens is 274 g/mol. The van der Waals surface area contributed by atoms with Gasteiger partial charge in [0.1, 0.15) is 5.69 Å². The van der Waals surface area contributed by atoms with Crippen molar-refractivity contribution in [2.45, 2.75) is 13.3 Å². The molecule has 1 N–H and O–H groups in total. The van der Waals surface area contributed by atoms with Gasteiger partial charge in [-0.15, -0.1) is 0 Å². The van der Waals surface area contributed by atoms with Crippen molar-refractivity contribution in [3.63, 3.8) is 0 Å². The van der Waals surface area contributed by atoms with Crippen molar-refractivity contribution < 1.29 is 4.52 Å². The van der Waals surface area contributed by atoms with E-state index in [1.807, 2.05) is 48.8 Å². The van der Waals surface area contributed by atoms with E-state index in [0.717, 1.165) is 45.6 Å². The lowest BCUT2D eigenvalue weighted by atomic mass is 10.0. The topological polar surface area (TPSA) is 54.7 Å². The Bertz CT molecular complexity index is 922. The lowest BCUT2D eigenvalue weighted by molar-refractivity contribution is 0.434. The fourth-order valence-electron chi connectivity index (χ4n) is 2.75. The van der Waals surface area contributed by atoms with E-state index in [1.54, 1.807) is 0 Å². The maximum absolute atomic E-state index is 5.65. The zero-order valence-electron chi connectivity index (χ0n) is 12.2. The summed E-state index contributed by atoms with van der Waals surface area (Å²) in [4.78, 5) is 7.64. The highest BCUT2D eigenvalue weighted by atomic mass is 16.5. The van der Waals surface area contributed by atoms with E-state index in [4.69, 9.17) is 4.52 Å².